The fraction of sp³-hybridized carbons (Fsp3) is 0.467. The molecule has 0 fully saturated rings. The molecule has 0 aliphatic carbocycles. The maximum Gasteiger partial charge on any atom is 0.342 e. The van der Waals surface area contributed by atoms with E-state index in [-0.39, 0.29) is 25.1 Å². The van der Waals surface area contributed by atoms with Crippen molar-refractivity contribution in [3.63, 3.8) is 0 Å². The lowest BCUT2D eigenvalue weighted by molar-refractivity contribution is -0.144. The zero-order valence-corrected chi connectivity index (χ0v) is 24.4. The number of aromatic hydroxyl groups is 1. The Morgan fingerprint density at radius 2 is 1.92 bits per heavy atom. The Bertz CT molecular complexity index is 1260. The molecule has 0 spiro atoms. The van der Waals surface area contributed by atoms with Crippen LogP contribution in [-0.2, 0) is 38.3 Å². The highest BCUT2D eigenvalue weighted by Gasteiger charge is 2.31. The maximum atomic E-state index is 13.7. The van der Waals surface area contributed by atoms with Crippen LogP contribution in [0, 0.1) is 6.92 Å². The number of carbonyl (C=O) groups excluding carboxylic acids is 2. The smallest absolute Gasteiger partial charge is 0.342 e. The second-order valence-electron chi connectivity index (χ2n) is 9.83. The van der Waals surface area contributed by atoms with Gasteiger partial charge >= 0.3 is 19.5 Å². The molecule has 0 amide bonds. The molecule has 1 aliphatic heterocycles. The molecule has 0 radical (unpaired) electrons. The van der Waals surface area contributed by atoms with E-state index in [2.05, 4.69) is 11.2 Å². The van der Waals surface area contributed by atoms with E-state index in [1.54, 1.807) is 38.1 Å². The molecule has 212 valence electrons. The Balaban J connectivity index is 1.64. The molecule has 2 atom stereocenters. The highest BCUT2D eigenvalue weighted by Crippen LogP contribution is 2.45. The summed E-state index contributed by atoms with van der Waals surface area (Å²) in [7, 11) is -3.38. The van der Waals surface area contributed by atoms with E-state index in [9.17, 15) is 19.3 Å². The summed E-state index contributed by atoms with van der Waals surface area (Å²) in [5.74, 6) is -0.443. The number of cyclic esters (lactones) is 1. The van der Waals surface area contributed by atoms with Gasteiger partial charge in [0.25, 0.3) is 0 Å². The van der Waals surface area contributed by atoms with Crippen molar-refractivity contribution in [2.24, 2.45) is 0 Å². The number of ether oxygens (including phenoxy) is 2. The third kappa shape index (κ3) is 7.74. The van der Waals surface area contributed by atoms with Crippen LogP contribution >= 0.6 is 7.52 Å². The fourth-order valence-electron chi connectivity index (χ4n) is 4.85. The van der Waals surface area contributed by atoms with Crippen LogP contribution in [0.25, 0.3) is 0 Å². The molecule has 9 heteroatoms. The first-order chi connectivity index (χ1) is 18.6. The van der Waals surface area contributed by atoms with Crippen molar-refractivity contribution in [2.45, 2.75) is 79.4 Å². The lowest BCUT2D eigenvalue weighted by atomic mass is 9.89. The quantitative estimate of drug-likeness (QED) is 0.119. The SMILES string of the molecule is CCOC(=O)[C@H](C)NP(=O)(CCCC/C(C)=C/Cc1c(O)c2c(c(C)c1CC)COC2=O)Oc1ccccc1. The van der Waals surface area contributed by atoms with Crippen molar-refractivity contribution in [3.8, 4) is 11.5 Å². The number of fused-ring (bicyclic) bond motifs is 1. The predicted molar refractivity (Wildman–Crippen MR) is 151 cm³/mol. The van der Waals surface area contributed by atoms with E-state index in [0.717, 1.165) is 47.1 Å². The van der Waals surface area contributed by atoms with Crippen molar-refractivity contribution in [1.82, 2.24) is 5.09 Å². The molecule has 1 aliphatic rings. The lowest BCUT2D eigenvalue weighted by Gasteiger charge is -2.23. The molecule has 2 aromatic rings. The molecule has 0 saturated carbocycles. The molecule has 0 bridgehead atoms. The minimum absolute atomic E-state index is 0.0276. The Labute approximate surface area is 231 Å². The maximum absolute atomic E-state index is 13.7. The van der Waals surface area contributed by atoms with Crippen molar-refractivity contribution in [2.75, 3.05) is 12.8 Å². The third-order valence-corrected chi connectivity index (χ3v) is 9.15. The van der Waals surface area contributed by atoms with Gasteiger partial charge in [0.1, 0.15) is 29.7 Å². The minimum Gasteiger partial charge on any atom is -0.507 e. The van der Waals surface area contributed by atoms with Crippen molar-refractivity contribution >= 4 is 19.5 Å². The average molecular weight is 558 g/mol. The van der Waals surface area contributed by atoms with Gasteiger partial charge in [0.15, 0.2) is 0 Å². The predicted octanol–water partition coefficient (Wildman–Crippen LogP) is 6.41. The first-order valence-electron chi connectivity index (χ1n) is 13.6. The van der Waals surface area contributed by atoms with Crippen molar-refractivity contribution in [1.29, 1.82) is 0 Å². The number of para-hydroxylation sites is 1. The molecular weight excluding hydrogens is 517 g/mol. The number of carbonyl (C=O) groups is 2. The lowest BCUT2D eigenvalue weighted by Crippen LogP contribution is -2.35. The second kappa shape index (κ2) is 13.8. The van der Waals surface area contributed by atoms with Crippen LogP contribution in [-0.4, -0.2) is 35.9 Å². The number of phenols is 1. The summed E-state index contributed by atoms with van der Waals surface area (Å²) in [5.41, 5.74) is 5.04. The molecule has 2 N–H and O–H groups in total. The largest absolute Gasteiger partial charge is 0.507 e. The van der Waals surface area contributed by atoms with Crippen LogP contribution in [0.1, 0.15) is 79.6 Å². The van der Waals surface area contributed by atoms with Crippen molar-refractivity contribution in [3.05, 3.63) is 69.8 Å². The fourth-order valence-corrected chi connectivity index (χ4v) is 6.92. The van der Waals surface area contributed by atoms with Gasteiger partial charge in [0, 0.05) is 17.3 Å². The molecule has 0 saturated heterocycles. The van der Waals surface area contributed by atoms with Gasteiger partial charge in [-0.05, 0) is 83.1 Å². The molecule has 1 unspecified atom stereocenters. The number of phenolic OH excluding ortho intramolecular Hbond substituents is 1. The minimum atomic E-state index is -3.38. The number of rotatable bonds is 14. The normalized spacial score (nSPS) is 15.3. The summed E-state index contributed by atoms with van der Waals surface area (Å²) in [6.45, 7) is 9.84. The summed E-state index contributed by atoms with van der Waals surface area (Å²) >= 11 is 0. The van der Waals surface area contributed by atoms with Crippen LogP contribution < -0.4 is 9.61 Å². The van der Waals surface area contributed by atoms with Crippen LogP contribution in [0.5, 0.6) is 11.5 Å². The third-order valence-electron chi connectivity index (χ3n) is 6.95. The Hall–Kier alpha value is -3.09. The summed E-state index contributed by atoms with van der Waals surface area (Å²) in [6.07, 6.45) is 5.74. The van der Waals surface area contributed by atoms with E-state index in [1.165, 1.54) is 0 Å². The highest BCUT2D eigenvalue weighted by atomic mass is 31.2. The standard InChI is InChI=1S/C30H40NO7P/c1-6-24-21(4)26-19-37-30(34)27(26)28(32)25(24)17-16-20(3)13-11-12-18-39(35,31-22(5)29(33)36-7-2)38-23-14-9-8-10-15-23/h8-10,14-16,22,32H,6-7,11-13,17-19H2,1-5H3,(H,31,35)/b20-16+/t22-,39?/m0/s1. The van der Waals surface area contributed by atoms with Gasteiger partial charge in [0.05, 0.1) is 6.61 Å². The van der Waals surface area contributed by atoms with Gasteiger partial charge < -0.3 is 19.1 Å². The monoisotopic (exact) mass is 557 g/mol. The van der Waals surface area contributed by atoms with E-state index in [4.69, 9.17) is 14.0 Å². The van der Waals surface area contributed by atoms with Crippen LogP contribution in [0.3, 0.4) is 0 Å². The number of allylic oxidation sites excluding steroid dienone is 2. The van der Waals surface area contributed by atoms with Gasteiger partial charge in [-0.3, -0.25) is 9.36 Å². The van der Waals surface area contributed by atoms with Crippen LogP contribution in [0.2, 0.25) is 0 Å². The Morgan fingerprint density at radius 3 is 2.59 bits per heavy atom. The molecule has 8 nitrogen and oxygen atoms in total. The van der Waals surface area contributed by atoms with Gasteiger partial charge in [-0.1, -0.05) is 36.8 Å². The summed E-state index contributed by atoms with van der Waals surface area (Å²) < 4.78 is 29.8. The zero-order chi connectivity index (χ0) is 28.6. The van der Waals surface area contributed by atoms with Crippen molar-refractivity contribution < 1.29 is 33.3 Å². The summed E-state index contributed by atoms with van der Waals surface area (Å²) in [5, 5.41) is 13.8. The zero-order valence-electron chi connectivity index (χ0n) is 23.5. The van der Waals surface area contributed by atoms with E-state index < -0.39 is 25.5 Å². The van der Waals surface area contributed by atoms with E-state index in [1.807, 2.05) is 26.8 Å². The Kier molecular flexibility index (Phi) is 10.8. The van der Waals surface area contributed by atoms with E-state index >= 15 is 0 Å². The molecule has 39 heavy (non-hydrogen) atoms. The molecule has 0 aromatic heterocycles. The van der Waals surface area contributed by atoms with Gasteiger partial charge in [-0.15, -0.1) is 0 Å². The number of unbranched alkanes of at least 4 members (excludes halogenated alkanes) is 1. The molecule has 2 aromatic carbocycles. The molecular formula is C30H40NO7P. The molecule has 1 heterocycles. The molecule has 3 rings (SSSR count). The van der Waals surface area contributed by atoms with E-state index in [0.29, 0.717) is 24.2 Å². The van der Waals surface area contributed by atoms with Crippen LogP contribution in [0.4, 0.5) is 0 Å². The highest BCUT2D eigenvalue weighted by molar-refractivity contribution is 7.57. The van der Waals surface area contributed by atoms with Gasteiger partial charge in [0.2, 0.25) is 0 Å². The number of hydrogen-bond donors (Lipinski definition) is 2. The first kappa shape index (κ1) is 30.5. The number of nitrogens with one attached hydrogen (secondary N) is 1. The number of benzene rings is 2. The summed E-state index contributed by atoms with van der Waals surface area (Å²) in [4.78, 5) is 24.3. The van der Waals surface area contributed by atoms with Crippen LogP contribution in [0.15, 0.2) is 42.0 Å². The van der Waals surface area contributed by atoms with Gasteiger partial charge in [-0.25, -0.2) is 9.88 Å². The summed E-state index contributed by atoms with van der Waals surface area (Å²) in [6, 6.07) is 8.15. The first-order valence-corrected chi connectivity index (χ1v) is 15.4. The Morgan fingerprint density at radius 1 is 1.21 bits per heavy atom. The number of esters is 2. The number of hydrogen-bond acceptors (Lipinski definition) is 7. The second-order valence-corrected chi connectivity index (χ2v) is 12.1. The van der Waals surface area contributed by atoms with Gasteiger partial charge in [-0.2, -0.15) is 0 Å². The average Bonchev–Trinajstić information content (AvgIpc) is 3.30. The topological polar surface area (TPSA) is 111 Å².